The van der Waals surface area contributed by atoms with E-state index in [1.807, 2.05) is 0 Å². The maximum absolute atomic E-state index is 13.8. The van der Waals surface area contributed by atoms with Crippen LogP contribution < -0.4 is 20.8 Å². The Hall–Kier alpha value is -3.90. The molecule has 6 atom stereocenters. The number of carbonyl (C=O) groups is 6. The lowest BCUT2D eigenvalue weighted by atomic mass is 9.77. The summed E-state index contributed by atoms with van der Waals surface area (Å²) in [5.41, 5.74) is 0.387. The molecule has 13 heteroatoms. The van der Waals surface area contributed by atoms with E-state index in [-0.39, 0.29) is 37.8 Å². The van der Waals surface area contributed by atoms with Crippen molar-refractivity contribution in [3.63, 3.8) is 0 Å². The lowest BCUT2D eigenvalue weighted by Crippen LogP contribution is -2.54. The number of carboxylic acids is 2. The van der Waals surface area contributed by atoms with Gasteiger partial charge in [0.2, 0.25) is 17.7 Å². The highest BCUT2D eigenvalue weighted by molar-refractivity contribution is 5.94. The largest absolute Gasteiger partial charge is 0.548 e. The van der Waals surface area contributed by atoms with Gasteiger partial charge in [0.25, 0.3) is 5.91 Å². The Kier molecular flexibility index (Phi) is 8.05. The van der Waals surface area contributed by atoms with E-state index in [1.54, 1.807) is 29.9 Å². The quantitative estimate of drug-likeness (QED) is 0.345. The van der Waals surface area contributed by atoms with Crippen LogP contribution in [-0.4, -0.2) is 87.2 Å². The van der Waals surface area contributed by atoms with Gasteiger partial charge in [-0.3, -0.25) is 19.2 Å². The maximum Gasteiger partial charge on any atom is 0.268 e. The van der Waals surface area contributed by atoms with Gasteiger partial charge in [0.1, 0.15) is 5.69 Å². The third kappa shape index (κ3) is 5.94. The molecule has 2 saturated heterocycles. The molecule has 3 heterocycles. The normalized spacial score (nSPS) is 29.7. The summed E-state index contributed by atoms with van der Waals surface area (Å²) >= 11 is 0. The van der Waals surface area contributed by atoms with E-state index in [9.17, 15) is 39.0 Å². The van der Waals surface area contributed by atoms with Crippen molar-refractivity contribution in [1.82, 2.24) is 25.0 Å². The van der Waals surface area contributed by atoms with E-state index < -0.39 is 65.7 Å². The Morgan fingerprint density at radius 3 is 1.73 bits per heavy atom. The second kappa shape index (κ2) is 11.5. The molecule has 0 spiro atoms. The van der Waals surface area contributed by atoms with Crippen molar-refractivity contribution in [2.45, 2.75) is 75.5 Å². The van der Waals surface area contributed by atoms with E-state index in [1.165, 1.54) is 9.80 Å². The first kappa shape index (κ1) is 28.6. The number of likely N-dealkylation sites (tertiary alicyclic amines) is 2. The number of carbonyl (C=O) groups excluding carboxylic acids is 6. The van der Waals surface area contributed by atoms with Crippen LogP contribution in [0.25, 0.3) is 0 Å². The molecule has 1 aromatic heterocycles. The van der Waals surface area contributed by atoms with Crippen LogP contribution in [0.15, 0.2) is 18.3 Å². The van der Waals surface area contributed by atoms with Gasteiger partial charge in [-0.25, -0.2) is 0 Å². The van der Waals surface area contributed by atoms with Gasteiger partial charge in [0.15, 0.2) is 0 Å². The predicted molar refractivity (Wildman–Crippen MR) is 137 cm³/mol. The highest BCUT2D eigenvalue weighted by Gasteiger charge is 2.47. The van der Waals surface area contributed by atoms with E-state index in [4.69, 9.17) is 0 Å². The minimum absolute atomic E-state index is 0.00595. The molecule has 2 aliphatic heterocycles. The number of carboxylic acid groups (broad SMARTS) is 2. The van der Waals surface area contributed by atoms with Crippen molar-refractivity contribution in [1.29, 1.82) is 0 Å². The lowest BCUT2D eigenvalue weighted by Gasteiger charge is -2.38. The van der Waals surface area contributed by atoms with Crippen LogP contribution in [0.5, 0.6) is 0 Å². The Labute approximate surface area is 237 Å². The Morgan fingerprint density at radius 1 is 0.780 bits per heavy atom. The molecule has 4 aliphatic rings. The maximum atomic E-state index is 13.8. The number of nitrogens with one attached hydrogen (secondary N) is 2. The van der Waals surface area contributed by atoms with Crippen LogP contribution >= 0.6 is 0 Å². The van der Waals surface area contributed by atoms with Gasteiger partial charge >= 0.3 is 0 Å². The average molecular weight is 570 g/mol. The summed E-state index contributed by atoms with van der Waals surface area (Å²) in [6.45, 7) is -0.0439. The van der Waals surface area contributed by atoms with E-state index in [0.717, 1.165) is 12.8 Å². The number of rotatable bonds is 8. The van der Waals surface area contributed by atoms with E-state index >= 15 is 0 Å². The van der Waals surface area contributed by atoms with Gasteiger partial charge in [0.05, 0.1) is 24.0 Å². The second-order valence-electron chi connectivity index (χ2n) is 11.8. The van der Waals surface area contributed by atoms with Gasteiger partial charge in [-0.2, -0.15) is 0 Å². The Balaban J connectivity index is 1.29. The van der Waals surface area contributed by atoms with Gasteiger partial charge in [-0.1, -0.05) is 12.8 Å². The second-order valence-corrected chi connectivity index (χ2v) is 11.8. The van der Waals surface area contributed by atoms with Crippen molar-refractivity contribution in [3.8, 4) is 0 Å². The van der Waals surface area contributed by atoms with Crippen LogP contribution in [0.1, 0.15) is 61.9 Å². The third-order valence-electron chi connectivity index (χ3n) is 8.92. The number of aliphatic carboxylic acids is 2. The number of hydrogen-bond donors (Lipinski definition) is 2. The van der Waals surface area contributed by atoms with Gasteiger partial charge in [-0.05, 0) is 50.7 Å². The molecule has 0 unspecified atom stereocenters. The minimum atomic E-state index is -1.45. The fourth-order valence-electron chi connectivity index (χ4n) is 6.58. The molecule has 1 aromatic rings. The standard InChI is InChI=1S/C28H37N5O8/c1-31-10-4-7-20(31)24(35)30-17-12-22(28(40)41)33(14-17)26(37)19-6-3-2-5-18(19)25(36)32-13-16(11-21(32)27(38)39)29-23(34)15-8-9-15/h4,7,10,15-19,21-22H,2-3,5-6,8-9,11-14H2,1H3,(H,29,34)(H,30,35)(H,38,39)(H,40,41)/p-2/t16-,17-,18-,19+,21-,22-/m0/s1. The minimum Gasteiger partial charge on any atom is -0.548 e. The van der Waals surface area contributed by atoms with E-state index in [0.29, 0.717) is 31.4 Å². The smallest absolute Gasteiger partial charge is 0.268 e. The zero-order chi connectivity index (χ0) is 29.4. The highest BCUT2D eigenvalue weighted by Crippen LogP contribution is 2.37. The first-order valence-corrected chi connectivity index (χ1v) is 14.3. The molecule has 222 valence electrons. The number of amides is 4. The first-order valence-electron chi connectivity index (χ1n) is 14.3. The zero-order valence-electron chi connectivity index (χ0n) is 23.0. The summed E-state index contributed by atoms with van der Waals surface area (Å²) in [4.78, 5) is 78.9. The summed E-state index contributed by atoms with van der Waals surface area (Å²) in [7, 11) is 1.71. The molecule has 0 bridgehead atoms. The van der Waals surface area contributed by atoms with Crippen molar-refractivity contribution < 1.29 is 39.0 Å². The summed E-state index contributed by atoms with van der Waals surface area (Å²) in [6, 6.07) is -0.325. The van der Waals surface area contributed by atoms with Crippen LogP contribution in [0.3, 0.4) is 0 Å². The van der Waals surface area contributed by atoms with Crippen LogP contribution in [0.2, 0.25) is 0 Å². The molecule has 13 nitrogen and oxygen atoms in total. The molecule has 2 N–H and O–H groups in total. The molecule has 2 aliphatic carbocycles. The number of nitrogens with zero attached hydrogens (tertiary/aromatic N) is 3. The predicted octanol–water partition coefficient (Wildman–Crippen LogP) is -2.47. The molecule has 2 saturated carbocycles. The summed E-state index contributed by atoms with van der Waals surface area (Å²) in [6.07, 6.45) is 5.29. The van der Waals surface area contributed by atoms with E-state index in [2.05, 4.69) is 10.6 Å². The molecular weight excluding hydrogens is 534 g/mol. The van der Waals surface area contributed by atoms with Gasteiger partial charge < -0.3 is 44.8 Å². The molecule has 0 radical (unpaired) electrons. The fourth-order valence-corrected chi connectivity index (χ4v) is 6.58. The average Bonchev–Trinajstić information content (AvgIpc) is 3.34. The number of aryl methyl sites for hydroxylation is 1. The van der Waals surface area contributed by atoms with Gasteiger partial charge in [0, 0.05) is 56.2 Å². The topological polar surface area (TPSA) is 184 Å². The first-order chi connectivity index (χ1) is 19.5. The summed E-state index contributed by atoms with van der Waals surface area (Å²) < 4.78 is 1.63. The number of hydrogen-bond acceptors (Lipinski definition) is 8. The monoisotopic (exact) mass is 569 g/mol. The molecule has 41 heavy (non-hydrogen) atoms. The van der Waals surface area contributed by atoms with Crippen LogP contribution in [0.4, 0.5) is 0 Å². The Morgan fingerprint density at radius 2 is 1.29 bits per heavy atom. The molecule has 5 rings (SSSR count). The van der Waals surface area contributed by atoms with Gasteiger partial charge in [-0.15, -0.1) is 0 Å². The van der Waals surface area contributed by atoms with Crippen LogP contribution in [0, 0.1) is 17.8 Å². The summed E-state index contributed by atoms with van der Waals surface area (Å²) in [5, 5.41) is 29.6. The van der Waals surface area contributed by atoms with Crippen molar-refractivity contribution in [2.24, 2.45) is 24.8 Å². The van der Waals surface area contributed by atoms with Crippen molar-refractivity contribution in [2.75, 3.05) is 13.1 Å². The molecular formula is C28H35N5O8-2. The van der Waals surface area contributed by atoms with Crippen molar-refractivity contribution >= 4 is 35.6 Å². The molecule has 0 aromatic carbocycles. The number of aromatic nitrogens is 1. The third-order valence-corrected chi connectivity index (χ3v) is 8.92. The SMILES string of the molecule is Cn1cccc1C(=O)N[C@H]1C[C@@H](C(=O)[O-])N(C(=O)[C@@H]2CCCC[C@@H]2C(=O)N2C[C@@H](NC(=O)C3CC3)C[C@H]2C(=O)[O-])C1. The van der Waals surface area contributed by atoms with Crippen molar-refractivity contribution in [3.05, 3.63) is 24.0 Å². The fraction of sp³-hybridized carbons (Fsp3) is 0.643. The highest BCUT2D eigenvalue weighted by atomic mass is 16.4. The molecule has 4 fully saturated rings. The molecule has 4 amide bonds. The Bertz CT molecular complexity index is 1240. The lowest BCUT2D eigenvalue weighted by molar-refractivity contribution is -0.312. The zero-order valence-corrected chi connectivity index (χ0v) is 23.0. The summed E-state index contributed by atoms with van der Waals surface area (Å²) in [5.74, 6) is -6.19. The van der Waals surface area contributed by atoms with Crippen LogP contribution in [-0.2, 0) is 31.0 Å².